The molecule has 0 aromatic heterocycles. The summed E-state index contributed by atoms with van der Waals surface area (Å²) in [6.07, 6.45) is 9.56. The van der Waals surface area contributed by atoms with E-state index in [-0.39, 0.29) is 71.1 Å². The lowest BCUT2D eigenvalue weighted by atomic mass is 9.43. The molecule has 9 heteroatoms. The fourth-order valence-corrected chi connectivity index (χ4v) is 14.0. The molecule has 0 radical (unpaired) electrons. The molecule has 4 heterocycles. The number of hydrogen-bond acceptors (Lipinski definition) is 8. The van der Waals surface area contributed by atoms with Gasteiger partial charge in [0, 0.05) is 24.7 Å². The van der Waals surface area contributed by atoms with Crippen molar-refractivity contribution in [2.75, 3.05) is 0 Å². The molecular weight excluding hydrogens is 612 g/mol. The van der Waals surface area contributed by atoms with Crippen molar-refractivity contribution in [2.24, 2.45) is 70.0 Å². The maximum atomic E-state index is 12.0. The van der Waals surface area contributed by atoms with Gasteiger partial charge in [-0.1, -0.05) is 34.6 Å². The zero-order chi connectivity index (χ0) is 34.0. The summed E-state index contributed by atoms with van der Waals surface area (Å²) in [4.78, 5) is 23.7. The Balaban J connectivity index is 0.975. The Labute approximate surface area is 287 Å². The van der Waals surface area contributed by atoms with E-state index >= 15 is 0 Å². The molecule has 5 aliphatic carbocycles. The molecule has 1 spiro atoms. The number of aliphatic carboxylic acids is 1. The molecule has 9 unspecified atom stereocenters. The third-order valence-electron chi connectivity index (χ3n) is 16.7. The van der Waals surface area contributed by atoms with Crippen LogP contribution in [0.5, 0.6) is 0 Å². The number of aliphatic hydroxyl groups is 2. The number of aliphatic hydroxyl groups excluding tert-OH is 2. The average molecular weight is 675 g/mol. The normalized spacial score (nSPS) is 57.8. The van der Waals surface area contributed by atoms with Gasteiger partial charge in [0.15, 0.2) is 18.2 Å². The molecule has 48 heavy (non-hydrogen) atoms. The molecule has 2 bridgehead atoms. The molecule has 0 amide bonds. The first kappa shape index (κ1) is 34.3. The van der Waals surface area contributed by atoms with E-state index in [0.29, 0.717) is 24.2 Å². The van der Waals surface area contributed by atoms with Gasteiger partial charge >= 0.3 is 5.97 Å². The predicted octanol–water partition coefficient (Wildman–Crippen LogP) is 6.68. The third-order valence-corrected chi connectivity index (χ3v) is 16.7. The smallest absolute Gasteiger partial charge is 0.303 e. The van der Waals surface area contributed by atoms with Crippen molar-refractivity contribution in [2.45, 2.75) is 167 Å². The van der Waals surface area contributed by atoms with E-state index in [1.54, 1.807) is 0 Å². The summed E-state index contributed by atoms with van der Waals surface area (Å²) in [6.45, 7) is 13.4. The molecule has 9 rings (SSSR count). The summed E-state index contributed by atoms with van der Waals surface area (Å²) in [5.41, 5.74) is -0.834. The number of ether oxygens (including phenoxy) is 3. The molecule has 9 nitrogen and oxygen atoms in total. The minimum Gasteiger partial charge on any atom is -0.481 e. The first-order chi connectivity index (χ1) is 22.7. The summed E-state index contributed by atoms with van der Waals surface area (Å²) in [7, 11) is 0. The van der Waals surface area contributed by atoms with E-state index in [2.05, 4.69) is 34.6 Å². The molecule has 4 saturated heterocycles. The van der Waals surface area contributed by atoms with Crippen molar-refractivity contribution >= 4 is 5.97 Å². The number of carbonyl (C=O) groups is 1. The zero-order valence-electron chi connectivity index (χ0n) is 30.1. The maximum Gasteiger partial charge on any atom is 0.303 e. The summed E-state index contributed by atoms with van der Waals surface area (Å²) in [6, 6.07) is 0. The lowest BCUT2D eigenvalue weighted by molar-refractivity contribution is -0.578. The first-order valence-electron chi connectivity index (χ1n) is 19.6. The Hall–Kier alpha value is -0.810. The highest BCUT2D eigenvalue weighted by atomic mass is 17.3. The molecule has 3 N–H and O–H groups in total. The number of carboxylic acid groups (broad SMARTS) is 1. The van der Waals surface area contributed by atoms with Crippen LogP contribution in [-0.4, -0.2) is 63.6 Å². The van der Waals surface area contributed by atoms with Gasteiger partial charge in [0.05, 0.1) is 18.3 Å². The van der Waals surface area contributed by atoms with E-state index in [9.17, 15) is 20.1 Å². The monoisotopic (exact) mass is 674 g/mol. The molecule has 4 aliphatic heterocycles. The number of hydrogen-bond donors (Lipinski definition) is 3. The van der Waals surface area contributed by atoms with Crippen LogP contribution in [0.2, 0.25) is 0 Å². The molecule has 9 aliphatic rings. The second-order valence-corrected chi connectivity index (χ2v) is 18.8. The van der Waals surface area contributed by atoms with Crippen LogP contribution in [0.25, 0.3) is 0 Å². The van der Waals surface area contributed by atoms with Gasteiger partial charge in [-0.15, -0.1) is 0 Å². The zero-order valence-corrected chi connectivity index (χ0v) is 30.1. The fraction of sp³-hybridized carbons (Fsp3) is 0.974. The average Bonchev–Trinajstić information content (AvgIpc) is 3.24. The molecule has 9 fully saturated rings. The summed E-state index contributed by atoms with van der Waals surface area (Å²) in [5.74, 6) is 1.23. The standard InChI is InChI=1S/C39H62O9/c1-20(8-12-32(42)43)25-10-11-28-33-29(19-31(41)38(25,28)6)36(4)15-13-24(17-23(36)18-30(33)40)44-34-22(3)27-9-7-21(2)26-14-16-37(5)46-35(45-34)39(26,27)48-47-37/h20-31,33-35,40-41H,7-19H2,1-6H3,(H,42,43)/t20-,21-,22-,23?,24-,25-,26?,27?,28?,29?,30+,31+,33?,34?,35?,36+,37?,38-,39-/m1/s1. The SMILES string of the molecule is C[C@H]1C(O[C@@H]2CC[C@@]3(C)C(C2)C[C@H](O)C2C3C[C@H](O)[C@@]3(C)C2CC[C@@H]3[C@H](C)CCC(=O)O)OC2OC3(C)CCC4[C@H](C)CCC1[C@@]24OO3. The Bertz CT molecular complexity index is 1250. The highest BCUT2D eigenvalue weighted by Crippen LogP contribution is 2.69. The summed E-state index contributed by atoms with van der Waals surface area (Å²) in [5, 5.41) is 33.2. The molecule has 19 atom stereocenters. The highest BCUT2D eigenvalue weighted by molar-refractivity contribution is 5.66. The van der Waals surface area contributed by atoms with Crippen molar-refractivity contribution in [1.82, 2.24) is 0 Å². The number of carboxylic acids is 1. The largest absolute Gasteiger partial charge is 0.481 e. The molecular formula is C39H62O9. The Morgan fingerprint density at radius 2 is 1.67 bits per heavy atom. The van der Waals surface area contributed by atoms with Crippen LogP contribution in [0.1, 0.15) is 125 Å². The van der Waals surface area contributed by atoms with E-state index in [0.717, 1.165) is 64.2 Å². The fourth-order valence-electron chi connectivity index (χ4n) is 14.0. The van der Waals surface area contributed by atoms with Gasteiger partial charge in [-0.05, 0) is 136 Å². The quantitative estimate of drug-likeness (QED) is 0.209. The van der Waals surface area contributed by atoms with Gasteiger partial charge in [-0.25, -0.2) is 9.78 Å². The van der Waals surface area contributed by atoms with Gasteiger partial charge < -0.3 is 29.5 Å². The number of rotatable bonds is 6. The third kappa shape index (κ3) is 4.90. The molecule has 272 valence electrons. The Kier molecular flexibility index (Phi) is 8.47. The first-order valence-corrected chi connectivity index (χ1v) is 19.6. The summed E-state index contributed by atoms with van der Waals surface area (Å²) < 4.78 is 20.4. The topological polar surface area (TPSA) is 124 Å². The number of fused-ring (bicyclic) bond motifs is 7. The van der Waals surface area contributed by atoms with Crippen LogP contribution in [0, 0.1) is 70.0 Å². The van der Waals surface area contributed by atoms with Gasteiger partial charge in [0.1, 0.15) is 0 Å². The van der Waals surface area contributed by atoms with Crippen molar-refractivity contribution in [3.05, 3.63) is 0 Å². The minimum atomic E-state index is -0.805. The van der Waals surface area contributed by atoms with Crippen LogP contribution < -0.4 is 0 Å². The van der Waals surface area contributed by atoms with E-state index < -0.39 is 35.9 Å². The second kappa shape index (κ2) is 11.9. The molecule has 0 aromatic rings. The van der Waals surface area contributed by atoms with Crippen LogP contribution in [0.3, 0.4) is 0 Å². The van der Waals surface area contributed by atoms with Gasteiger partial charge in [0.25, 0.3) is 0 Å². The van der Waals surface area contributed by atoms with Gasteiger partial charge in [0.2, 0.25) is 5.79 Å². The Morgan fingerprint density at radius 3 is 2.44 bits per heavy atom. The van der Waals surface area contributed by atoms with E-state index in [4.69, 9.17) is 24.0 Å². The maximum absolute atomic E-state index is 12.0. The van der Waals surface area contributed by atoms with Gasteiger partial charge in [-0.2, -0.15) is 0 Å². The lowest BCUT2D eigenvalue weighted by Crippen LogP contribution is -2.70. The molecule has 0 aromatic carbocycles. The van der Waals surface area contributed by atoms with E-state index in [1.807, 2.05) is 6.92 Å². The molecule has 5 saturated carbocycles. The van der Waals surface area contributed by atoms with Gasteiger partial charge in [-0.3, -0.25) is 4.79 Å². The minimum absolute atomic E-state index is 0.0399. The van der Waals surface area contributed by atoms with Crippen LogP contribution in [-0.2, 0) is 28.8 Å². The summed E-state index contributed by atoms with van der Waals surface area (Å²) >= 11 is 0. The lowest BCUT2D eigenvalue weighted by Gasteiger charge is -2.64. The van der Waals surface area contributed by atoms with Crippen LogP contribution >= 0.6 is 0 Å². The van der Waals surface area contributed by atoms with E-state index in [1.165, 1.54) is 6.42 Å². The predicted molar refractivity (Wildman–Crippen MR) is 176 cm³/mol. The Morgan fingerprint density at radius 1 is 0.896 bits per heavy atom. The van der Waals surface area contributed by atoms with Crippen molar-refractivity contribution < 1.29 is 44.1 Å². The van der Waals surface area contributed by atoms with Crippen molar-refractivity contribution in [3.8, 4) is 0 Å². The van der Waals surface area contributed by atoms with Crippen LogP contribution in [0.15, 0.2) is 0 Å². The van der Waals surface area contributed by atoms with Crippen LogP contribution in [0.4, 0.5) is 0 Å². The van der Waals surface area contributed by atoms with Crippen molar-refractivity contribution in [3.63, 3.8) is 0 Å². The second-order valence-electron chi connectivity index (χ2n) is 18.8. The van der Waals surface area contributed by atoms with Crippen molar-refractivity contribution in [1.29, 1.82) is 0 Å². The highest BCUT2D eigenvalue weighted by Gasteiger charge is 2.70.